The minimum absolute atomic E-state index is 0.0701. The Morgan fingerprint density at radius 1 is 1.67 bits per heavy atom. The summed E-state index contributed by atoms with van der Waals surface area (Å²) in [6.07, 6.45) is 1.42. The monoisotopic (exact) mass is 229 g/mol. The molecule has 1 aliphatic rings. The third kappa shape index (κ3) is 2.33. The predicted octanol–water partition coefficient (Wildman–Crippen LogP) is 1.36. The molecule has 0 N–H and O–H groups in total. The number of hydrogen-bond acceptors (Lipinski definition) is 3. The van der Waals surface area contributed by atoms with Crippen molar-refractivity contribution in [1.29, 1.82) is 0 Å². The fourth-order valence-corrected chi connectivity index (χ4v) is 1.74. The molecule has 1 saturated heterocycles. The summed E-state index contributed by atoms with van der Waals surface area (Å²) in [6, 6.07) is 3.36. The van der Waals surface area contributed by atoms with Crippen LogP contribution in [0.15, 0.2) is 22.8 Å². The molecule has 1 atom stereocenters. The van der Waals surface area contributed by atoms with Crippen LogP contribution >= 0.6 is 11.6 Å². The molecule has 1 fully saturated rings. The van der Waals surface area contributed by atoms with Gasteiger partial charge in [0.1, 0.15) is 0 Å². The normalized spacial score (nSPS) is 21.7. The molecule has 1 aliphatic heterocycles. The van der Waals surface area contributed by atoms with Gasteiger partial charge >= 0.3 is 0 Å². The van der Waals surface area contributed by atoms with Crippen molar-refractivity contribution in [3.8, 4) is 0 Å². The van der Waals surface area contributed by atoms with E-state index in [0.717, 1.165) is 0 Å². The minimum Gasteiger partial charge on any atom is -0.459 e. The van der Waals surface area contributed by atoms with Crippen LogP contribution in [0.25, 0.3) is 0 Å². The van der Waals surface area contributed by atoms with E-state index < -0.39 is 0 Å². The van der Waals surface area contributed by atoms with Crippen molar-refractivity contribution in [2.24, 2.45) is 0 Å². The summed E-state index contributed by atoms with van der Waals surface area (Å²) in [7, 11) is 0. The quantitative estimate of drug-likeness (QED) is 0.720. The van der Waals surface area contributed by atoms with Crippen LogP contribution in [0.2, 0.25) is 0 Å². The summed E-state index contributed by atoms with van der Waals surface area (Å²) in [5.41, 5.74) is 0. The second kappa shape index (κ2) is 4.68. The molecule has 5 heteroatoms. The van der Waals surface area contributed by atoms with Crippen LogP contribution in [0.1, 0.15) is 10.6 Å². The van der Waals surface area contributed by atoms with Crippen molar-refractivity contribution in [2.45, 2.75) is 6.10 Å². The van der Waals surface area contributed by atoms with Crippen LogP contribution in [0.5, 0.6) is 0 Å². The lowest BCUT2D eigenvalue weighted by Gasteiger charge is -2.31. The minimum atomic E-state index is -0.0987. The molecule has 1 amide bonds. The van der Waals surface area contributed by atoms with E-state index in [-0.39, 0.29) is 12.0 Å². The number of carbonyl (C=O) groups excluding carboxylic acids is 1. The van der Waals surface area contributed by atoms with Gasteiger partial charge in [-0.1, -0.05) is 0 Å². The zero-order valence-electron chi connectivity index (χ0n) is 8.19. The maximum absolute atomic E-state index is 11.9. The molecule has 1 aromatic heterocycles. The van der Waals surface area contributed by atoms with Crippen LogP contribution in [0.3, 0.4) is 0 Å². The van der Waals surface area contributed by atoms with Crippen LogP contribution in [0, 0.1) is 0 Å². The molecule has 0 spiro atoms. The van der Waals surface area contributed by atoms with Gasteiger partial charge in [0, 0.05) is 13.1 Å². The number of rotatable bonds is 2. The Labute approximate surface area is 92.7 Å². The van der Waals surface area contributed by atoms with E-state index in [0.29, 0.717) is 31.3 Å². The number of halogens is 1. The lowest BCUT2D eigenvalue weighted by atomic mass is 10.2. The van der Waals surface area contributed by atoms with Gasteiger partial charge in [-0.2, -0.15) is 0 Å². The van der Waals surface area contributed by atoms with Gasteiger partial charge in [0.2, 0.25) is 0 Å². The highest BCUT2D eigenvalue weighted by Crippen LogP contribution is 2.11. The molecule has 1 aromatic rings. The third-order valence-corrected chi connectivity index (χ3v) is 2.67. The highest BCUT2D eigenvalue weighted by atomic mass is 35.5. The zero-order chi connectivity index (χ0) is 10.7. The number of furan rings is 1. The standard InChI is InChI=1S/C10H12ClNO3/c11-6-8-7-12(3-5-14-8)10(13)9-2-1-4-15-9/h1-2,4,8H,3,5-7H2. The number of ether oxygens (including phenoxy) is 1. The van der Waals surface area contributed by atoms with Gasteiger partial charge in [-0.05, 0) is 12.1 Å². The summed E-state index contributed by atoms with van der Waals surface area (Å²) >= 11 is 5.69. The van der Waals surface area contributed by atoms with Gasteiger partial charge in [-0.3, -0.25) is 4.79 Å². The topological polar surface area (TPSA) is 42.7 Å². The van der Waals surface area contributed by atoms with Gasteiger partial charge < -0.3 is 14.1 Å². The molecule has 4 nitrogen and oxygen atoms in total. The Bertz CT molecular complexity index is 325. The van der Waals surface area contributed by atoms with Gasteiger partial charge in [0.15, 0.2) is 5.76 Å². The molecule has 0 bridgehead atoms. The van der Waals surface area contributed by atoms with E-state index in [1.807, 2.05) is 0 Å². The van der Waals surface area contributed by atoms with Gasteiger partial charge in [-0.15, -0.1) is 11.6 Å². The summed E-state index contributed by atoms with van der Waals surface area (Å²) in [5.74, 6) is 0.672. The van der Waals surface area contributed by atoms with Gasteiger partial charge in [0.25, 0.3) is 5.91 Å². The summed E-state index contributed by atoms with van der Waals surface area (Å²) in [6.45, 7) is 1.65. The Morgan fingerprint density at radius 3 is 3.20 bits per heavy atom. The van der Waals surface area contributed by atoms with E-state index >= 15 is 0 Å². The van der Waals surface area contributed by atoms with Crippen molar-refractivity contribution in [2.75, 3.05) is 25.6 Å². The predicted molar refractivity (Wildman–Crippen MR) is 55.1 cm³/mol. The Morgan fingerprint density at radius 2 is 2.53 bits per heavy atom. The first-order valence-corrected chi connectivity index (χ1v) is 5.35. The number of nitrogens with zero attached hydrogens (tertiary/aromatic N) is 1. The van der Waals surface area contributed by atoms with E-state index in [4.69, 9.17) is 20.8 Å². The molecule has 0 aliphatic carbocycles. The molecule has 0 saturated carbocycles. The van der Waals surface area contributed by atoms with Crippen LogP contribution in [0.4, 0.5) is 0 Å². The highest BCUT2D eigenvalue weighted by molar-refractivity contribution is 6.18. The SMILES string of the molecule is O=C(c1ccco1)N1CCOC(CCl)C1. The first-order chi connectivity index (χ1) is 7.31. The van der Waals surface area contributed by atoms with Crippen molar-refractivity contribution in [1.82, 2.24) is 4.90 Å². The smallest absolute Gasteiger partial charge is 0.289 e. The summed E-state index contributed by atoms with van der Waals surface area (Å²) in [4.78, 5) is 13.6. The first kappa shape index (κ1) is 10.5. The number of alkyl halides is 1. The Balaban J connectivity index is 2.01. The van der Waals surface area contributed by atoms with E-state index in [1.54, 1.807) is 17.0 Å². The molecule has 2 rings (SSSR count). The van der Waals surface area contributed by atoms with E-state index in [1.165, 1.54) is 6.26 Å². The molecule has 0 radical (unpaired) electrons. The first-order valence-electron chi connectivity index (χ1n) is 4.81. The average Bonchev–Trinajstić information content (AvgIpc) is 2.81. The van der Waals surface area contributed by atoms with Crippen LogP contribution in [-0.4, -0.2) is 42.5 Å². The lowest BCUT2D eigenvalue weighted by Crippen LogP contribution is -2.46. The van der Waals surface area contributed by atoms with Crippen molar-refractivity contribution in [3.63, 3.8) is 0 Å². The van der Waals surface area contributed by atoms with E-state index in [9.17, 15) is 4.79 Å². The molecular weight excluding hydrogens is 218 g/mol. The molecule has 15 heavy (non-hydrogen) atoms. The van der Waals surface area contributed by atoms with Crippen molar-refractivity contribution >= 4 is 17.5 Å². The van der Waals surface area contributed by atoms with Gasteiger partial charge in [0.05, 0.1) is 24.9 Å². The molecular formula is C10H12ClNO3. The second-order valence-electron chi connectivity index (χ2n) is 3.38. The maximum Gasteiger partial charge on any atom is 0.289 e. The fraction of sp³-hybridized carbons (Fsp3) is 0.500. The van der Waals surface area contributed by atoms with Crippen molar-refractivity contribution < 1.29 is 13.9 Å². The Hall–Kier alpha value is -1.00. The lowest BCUT2D eigenvalue weighted by molar-refractivity contribution is -0.0119. The number of amides is 1. The summed E-state index contributed by atoms with van der Waals surface area (Å²) in [5, 5.41) is 0. The number of carbonyl (C=O) groups is 1. The fourth-order valence-electron chi connectivity index (χ4n) is 1.55. The number of morpholine rings is 1. The van der Waals surface area contributed by atoms with Gasteiger partial charge in [-0.25, -0.2) is 0 Å². The largest absolute Gasteiger partial charge is 0.459 e. The molecule has 1 unspecified atom stereocenters. The van der Waals surface area contributed by atoms with Crippen LogP contribution in [-0.2, 0) is 4.74 Å². The molecule has 82 valence electrons. The van der Waals surface area contributed by atoms with Crippen molar-refractivity contribution in [3.05, 3.63) is 24.2 Å². The average molecular weight is 230 g/mol. The van der Waals surface area contributed by atoms with E-state index in [2.05, 4.69) is 0 Å². The van der Waals surface area contributed by atoms with Crippen LogP contribution < -0.4 is 0 Å². The zero-order valence-corrected chi connectivity index (χ0v) is 8.94. The highest BCUT2D eigenvalue weighted by Gasteiger charge is 2.25. The Kier molecular flexibility index (Phi) is 3.28. The summed E-state index contributed by atoms with van der Waals surface area (Å²) < 4.78 is 10.4. The molecule has 0 aromatic carbocycles. The second-order valence-corrected chi connectivity index (χ2v) is 3.68. The number of hydrogen-bond donors (Lipinski definition) is 0. The maximum atomic E-state index is 11.9. The molecule has 2 heterocycles. The third-order valence-electron chi connectivity index (χ3n) is 2.33.